The van der Waals surface area contributed by atoms with Gasteiger partial charge in [-0.15, -0.1) is 0 Å². The maximum Gasteiger partial charge on any atom is 0.240 e. The van der Waals surface area contributed by atoms with E-state index in [-0.39, 0.29) is 11.5 Å². The van der Waals surface area contributed by atoms with Crippen LogP contribution in [-0.2, 0) is 16.4 Å². The van der Waals surface area contributed by atoms with Gasteiger partial charge in [0.25, 0.3) is 0 Å². The summed E-state index contributed by atoms with van der Waals surface area (Å²) in [5, 5.41) is 12.0. The van der Waals surface area contributed by atoms with Gasteiger partial charge in [-0.05, 0) is 67.9 Å². The molecule has 1 aliphatic rings. The van der Waals surface area contributed by atoms with Crippen LogP contribution in [0, 0.1) is 0 Å². The molecule has 4 rings (SSSR count). The van der Waals surface area contributed by atoms with E-state index in [0.29, 0.717) is 30.3 Å². The number of aryl methyl sites for hydroxylation is 1. The van der Waals surface area contributed by atoms with Gasteiger partial charge < -0.3 is 19.7 Å². The van der Waals surface area contributed by atoms with Gasteiger partial charge in [0, 0.05) is 61.4 Å². The molecule has 1 aliphatic heterocycles. The summed E-state index contributed by atoms with van der Waals surface area (Å²) in [6.07, 6.45) is 2.73. The molecule has 3 aromatic rings. The first-order valence-electron chi connectivity index (χ1n) is 11.9. The second kappa shape index (κ2) is 11.7. The third-order valence-electron chi connectivity index (χ3n) is 6.29. The highest BCUT2D eigenvalue weighted by Gasteiger charge is 2.18. The van der Waals surface area contributed by atoms with Crippen molar-refractivity contribution in [2.75, 3.05) is 52.9 Å². The average molecular weight is 521 g/mol. The zero-order valence-electron chi connectivity index (χ0n) is 19.9. The van der Waals surface area contributed by atoms with Gasteiger partial charge in [0.05, 0.1) is 4.90 Å². The molecule has 8 nitrogen and oxygen atoms in total. The number of piperazine rings is 1. The quantitative estimate of drug-likeness (QED) is 0.336. The Morgan fingerprint density at radius 2 is 1.89 bits per heavy atom. The van der Waals surface area contributed by atoms with Crippen LogP contribution in [-0.4, -0.2) is 87.3 Å². The van der Waals surface area contributed by atoms with Gasteiger partial charge >= 0.3 is 0 Å². The lowest BCUT2D eigenvalue weighted by Gasteiger charge is -2.33. The number of aliphatic hydroxyl groups excluding tert-OH is 1. The number of H-pyrrole nitrogens is 1. The Hall–Kier alpha value is -2.14. The highest BCUT2D eigenvalue weighted by molar-refractivity contribution is 7.89. The van der Waals surface area contributed by atoms with Crippen molar-refractivity contribution in [3.8, 4) is 5.75 Å². The zero-order valence-corrected chi connectivity index (χ0v) is 21.5. The van der Waals surface area contributed by atoms with Crippen LogP contribution in [0.15, 0.2) is 53.6 Å². The lowest BCUT2D eigenvalue weighted by atomic mass is 10.1. The first kappa shape index (κ1) is 25.9. The summed E-state index contributed by atoms with van der Waals surface area (Å²) in [5.74, 6) is 0.527. The number of fused-ring (bicyclic) bond motifs is 1. The number of β-amino-alcohol motifs (C(OH)–C–C–N with tert-alkyl or cyclic N) is 1. The van der Waals surface area contributed by atoms with Crippen molar-refractivity contribution in [2.24, 2.45) is 0 Å². The predicted octanol–water partition coefficient (Wildman–Crippen LogP) is 2.72. The molecule has 0 bridgehead atoms. The van der Waals surface area contributed by atoms with Crippen molar-refractivity contribution < 1.29 is 18.3 Å². The van der Waals surface area contributed by atoms with E-state index < -0.39 is 16.1 Å². The summed E-state index contributed by atoms with van der Waals surface area (Å²) < 4.78 is 33.6. The van der Waals surface area contributed by atoms with E-state index in [2.05, 4.69) is 26.6 Å². The van der Waals surface area contributed by atoms with E-state index in [4.69, 9.17) is 16.3 Å². The van der Waals surface area contributed by atoms with Crippen LogP contribution in [0.1, 0.15) is 12.0 Å². The summed E-state index contributed by atoms with van der Waals surface area (Å²) in [4.78, 5) is 7.89. The maximum atomic E-state index is 12.6. The minimum Gasteiger partial charge on any atom is -0.491 e. The summed E-state index contributed by atoms with van der Waals surface area (Å²) >= 11 is 6.10. The number of sulfonamides is 1. The van der Waals surface area contributed by atoms with Crippen molar-refractivity contribution in [3.63, 3.8) is 0 Å². The monoisotopic (exact) mass is 520 g/mol. The van der Waals surface area contributed by atoms with Crippen LogP contribution in [0.5, 0.6) is 5.75 Å². The van der Waals surface area contributed by atoms with Gasteiger partial charge in [-0.1, -0.05) is 11.6 Å². The van der Waals surface area contributed by atoms with E-state index >= 15 is 0 Å². The SMILES string of the molecule is CN1CCN(CC(O)COc2ccc(S(=O)(=O)NCCCc3c[nH]c4ccc(Cl)cc34)cc2)CC1. The van der Waals surface area contributed by atoms with E-state index in [1.807, 2.05) is 24.4 Å². The third-order valence-corrected chi connectivity index (χ3v) is 8.00. The van der Waals surface area contributed by atoms with Gasteiger partial charge in [-0.25, -0.2) is 13.1 Å². The number of hydrogen-bond donors (Lipinski definition) is 3. The van der Waals surface area contributed by atoms with Gasteiger partial charge in [0.1, 0.15) is 18.5 Å². The van der Waals surface area contributed by atoms with Gasteiger partial charge in [0.2, 0.25) is 10.0 Å². The highest BCUT2D eigenvalue weighted by atomic mass is 35.5. The van der Waals surface area contributed by atoms with Crippen molar-refractivity contribution in [3.05, 3.63) is 59.2 Å². The Balaban J connectivity index is 1.21. The van der Waals surface area contributed by atoms with Crippen molar-refractivity contribution in [1.82, 2.24) is 19.5 Å². The van der Waals surface area contributed by atoms with E-state index in [9.17, 15) is 13.5 Å². The standard InChI is InChI=1S/C25H33ClN4O4S/c1-29-11-13-30(14-12-29)17-21(31)18-34-22-5-7-23(8-6-22)35(32,33)28-10-2-3-19-16-27-25-9-4-20(26)15-24(19)25/h4-9,15-16,21,27-28,31H,2-3,10-14,17-18H2,1H3. The van der Waals surface area contributed by atoms with Crippen LogP contribution < -0.4 is 9.46 Å². The Labute approximate surface area is 211 Å². The highest BCUT2D eigenvalue weighted by Crippen LogP contribution is 2.23. The number of rotatable bonds is 11. The van der Waals surface area contributed by atoms with Gasteiger partial charge in [-0.3, -0.25) is 4.90 Å². The molecule has 1 atom stereocenters. The molecule has 0 amide bonds. The molecule has 0 saturated carbocycles. The minimum absolute atomic E-state index is 0.162. The van der Waals surface area contributed by atoms with E-state index in [1.54, 1.807) is 12.1 Å². The molecule has 0 spiro atoms. The Morgan fingerprint density at radius 3 is 2.63 bits per heavy atom. The molecule has 1 aromatic heterocycles. The lowest BCUT2D eigenvalue weighted by Crippen LogP contribution is -2.47. The number of benzene rings is 2. The fraction of sp³-hybridized carbons (Fsp3) is 0.440. The Bertz CT molecular complexity index is 1210. The number of likely N-dealkylation sites (N-methyl/N-ethyl adjacent to an activating group) is 1. The largest absolute Gasteiger partial charge is 0.491 e. The minimum atomic E-state index is -3.62. The molecule has 1 saturated heterocycles. The fourth-order valence-corrected chi connectivity index (χ4v) is 5.46. The normalized spacial score (nSPS) is 16.5. The van der Waals surface area contributed by atoms with Gasteiger partial charge in [-0.2, -0.15) is 0 Å². The number of nitrogens with one attached hydrogen (secondary N) is 2. The zero-order chi connectivity index (χ0) is 24.8. The predicted molar refractivity (Wildman–Crippen MR) is 139 cm³/mol. The molecular formula is C25H33ClN4O4S. The lowest BCUT2D eigenvalue weighted by molar-refractivity contribution is 0.0504. The molecule has 0 radical (unpaired) electrons. The number of aliphatic hydroxyl groups is 1. The van der Waals surface area contributed by atoms with Crippen molar-refractivity contribution >= 4 is 32.5 Å². The number of hydrogen-bond acceptors (Lipinski definition) is 6. The summed E-state index contributed by atoms with van der Waals surface area (Å²) in [6.45, 7) is 4.91. The topological polar surface area (TPSA) is 97.9 Å². The second-order valence-electron chi connectivity index (χ2n) is 9.05. The van der Waals surface area contributed by atoms with Crippen LogP contribution in [0.4, 0.5) is 0 Å². The van der Waals surface area contributed by atoms with Crippen LogP contribution in [0.3, 0.4) is 0 Å². The first-order chi connectivity index (χ1) is 16.8. The molecule has 35 heavy (non-hydrogen) atoms. The molecule has 1 unspecified atom stereocenters. The summed E-state index contributed by atoms with van der Waals surface area (Å²) in [5.41, 5.74) is 2.12. The molecule has 10 heteroatoms. The molecule has 0 aliphatic carbocycles. The Morgan fingerprint density at radius 1 is 1.14 bits per heavy atom. The van der Waals surface area contributed by atoms with Crippen molar-refractivity contribution in [2.45, 2.75) is 23.8 Å². The second-order valence-corrected chi connectivity index (χ2v) is 11.2. The van der Waals surface area contributed by atoms with Crippen LogP contribution in [0.25, 0.3) is 10.9 Å². The number of ether oxygens (including phenoxy) is 1. The number of aromatic amines is 1. The van der Waals surface area contributed by atoms with Crippen LogP contribution >= 0.6 is 11.6 Å². The molecule has 2 aromatic carbocycles. The average Bonchev–Trinajstić information content (AvgIpc) is 3.24. The fourth-order valence-electron chi connectivity index (χ4n) is 4.21. The Kier molecular flexibility index (Phi) is 8.69. The number of aromatic nitrogens is 1. The number of nitrogens with zero attached hydrogens (tertiary/aromatic N) is 2. The molecule has 190 valence electrons. The molecule has 3 N–H and O–H groups in total. The van der Waals surface area contributed by atoms with E-state index in [0.717, 1.165) is 49.1 Å². The molecular weight excluding hydrogens is 488 g/mol. The van der Waals surface area contributed by atoms with Crippen molar-refractivity contribution in [1.29, 1.82) is 0 Å². The van der Waals surface area contributed by atoms with E-state index in [1.165, 1.54) is 12.1 Å². The van der Waals surface area contributed by atoms with Gasteiger partial charge in [0.15, 0.2) is 0 Å². The molecule has 2 heterocycles. The first-order valence-corrected chi connectivity index (χ1v) is 13.7. The summed E-state index contributed by atoms with van der Waals surface area (Å²) in [6, 6.07) is 12.0. The summed E-state index contributed by atoms with van der Waals surface area (Å²) in [7, 11) is -1.52. The van der Waals surface area contributed by atoms with Crippen LogP contribution in [0.2, 0.25) is 5.02 Å². The number of halogens is 1. The molecule has 1 fully saturated rings. The third kappa shape index (κ3) is 7.19. The maximum absolute atomic E-state index is 12.6. The smallest absolute Gasteiger partial charge is 0.240 e.